The summed E-state index contributed by atoms with van der Waals surface area (Å²) in [4.78, 5) is 4.57. The Labute approximate surface area is 218 Å². The molecule has 1 N–H and O–H groups in total. The summed E-state index contributed by atoms with van der Waals surface area (Å²) in [6, 6.07) is 30.3. The zero-order valence-corrected chi connectivity index (χ0v) is 21.1. The Bertz CT molecular complexity index is 1580. The molecule has 3 aliphatic heterocycles. The van der Waals surface area contributed by atoms with Crippen molar-refractivity contribution in [2.24, 2.45) is 11.8 Å². The first kappa shape index (κ1) is 22.7. The Balaban J connectivity index is 1.39. The maximum atomic E-state index is 12.1. The van der Waals surface area contributed by atoms with Crippen LogP contribution in [0.2, 0.25) is 0 Å². The Hall–Kier alpha value is -3.53. The first-order chi connectivity index (χ1) is 18.2. The average molecular weight is 486 g/mol. The fourth-order valence-corrected chi connectivity index (χ4v) is 7.56. The minimum Gasteiger partial charge on any atom is -0.382 e. The van der Waals surface area contributed by atoms with Gasteiger partial charge in [-0.2, -0.15) is 0 Å². The third-order valence-corrected chi connectivity index (χ3v) is 9.40. The second-order valence-electron chi connectivity index (χ2n) is 11.2. The van der Waals surface area contributed by atoms with Gasteiger partial charge in [0.25, 0.3) is 0 Å². The largest absolute Gasteiger partial charge is 0.382 e. The van der Waals surface area contributed by atoms with Gasteiger partial charge in [0.2, 0.25) is 0 Å². The number of pyridine rings is 1. The van der Waals surface area contributed by atoms with Crippen LogP contribution in [-0.4, -0.2) is 33.7 Å². The summed E-state index contributed by atoms with van der Waals surface area (Å²) in [7, 11) is 0. The van der Waals surface area contributed by atoms with Gasteiger partial charge in [0.05, 0.1) is 18.6 Å². The molecule has 3 fully saturated rings. The van der Waals surface area contributed by atoms with Crippen molar-refractivity contribution in [2.75, 3.05) is 13.1 Å². The molecule has 5 atom stereocenters. The molecule has 184 valence electrons. The minimum absolute atomic E-state index is 0.137. The molecule has 0 unspecified atom stereocenters. The average Bonchev–Trinajstić information content (AvgIpc) is 2.96. The van der Waals surface area contributed by atoms with Gasteiger partial charge in [0.1, 0.15) is 18.7 Å². The number of fused-ring (bicyclic) bond motifs is 6. The van der Waals surface area contributed by atoms with Crippen LogP contribution < -0.4 is 0 Å². The number of nitrogens with zero attached hydrogens (tertiary/aromatic N) is 2. The molecule has 0 saturated carbocycles. The number of piperidine rings is 3. The number of quaternary nitrogens is 1. The molecule has 3 aliphatic rings. The van der Waals surface area contributed by atoms with Crippen molar-refractivity contribution >= 4 is 32.4 Å². The molecular formula is C34H33N2O+. The van der Waals surface area contributed by atoms with E-state index >= 15 is 0 Å². The van der Waals surface area contributed by atoms with Crippen LogP contribution in [0.1, 0.15) is 30.1 Å². The molecule has 3 heteroatoms. The molecule has 5 aromatic rings. The number of para-hydroxylation sites is 1. The predicted molar refractivity (Wildman–Crippen MR) is 152 cm³/mol. The standard InChI is InChI=1S/C34H33N2O/c1-2-23-21-36(22-31-27-11-5-3-9-25(27)19-26-10-4-6-12-28(26)31)18-16-24(23)20-33(36)34(37)30-15-17-35-32-14-8-7-13-29(30)32/h2-15,17,19,23-24,33-34,37H,1,16,18,20-22H2/q+1/t23-,24+,33+,34+,36+/m1/s1. The summed E-state index contributed by atoms with van der Waals surface area (Å²) in [5, 5.41) is 18.4. The molecule has 37 heavy (non-hydrogen) atoms. The molecule has 1 aromatic heterocycles. The van der Waals surface area contributed by atoms with E-state index in [0.29, 0.717) is 11.8 Å². The molecular weight excluding hydrogens is 452 g/mol. The van der Waals surface area contributed by atoms with E-state index in [0.717, 1.165) is 47.0 Å². The summed E-state index contributed by atoms with van der Waals surface area (Å²) in [6.07, 6.45) is 5.72. The molecule has 3 nitrogen and oxygen atoms in total. The lowest BCUT2D eigenvalue weighted by Gasteiger charge is -2.58. The van der Waals surface area contributed by atoms with Crippen LogP contribution in [0.4, 0.5) is 0 Å². The lowest BCUT2D eigenvalue weighted by molar-refractivity contribution is -0.984. The van der Waals surface area contributed by atoms with Gasteiger partial charge >= 0.3 is 0 Å². The molecule has 0 radical (unpaired) electrons. The van der Waals surface area contributed by atoms with Gasteiger partial charge in [-0.15, -0.1) is 6.58 Å². The van der Waals surface area contributed by atoms with Crippen LogP contribution >= 0.6 is 0 Å². The van der Waals surface area contributed by atoms with Crippen molar-refractivity contribution in [1.29, 1.82) is 0 Å². The summed E-state index contributed by atoms with van der Waals surface area (Å²) >= 11 is 0. The van der Waals surface area contributed by atoms with Crippen LogP contribution in [0.15, 0.2) is 104 Å². The number of hydrogen-bond donors (Lipinski definition) is 1. The first-order valence-electron chi connectivity index (χ1n) is 13.6. The monoisotopic (exact) mass is 485 g/mol. The van der Waals surface area contributed by atoms with Crippen LogP contribution in [0.5, 0.6) is 0 Å². The maximum absolute atomic E-state index is 12.1. The second-order valence-corrected chi connectivity index (χ2v) is 11.2. The van der Waals surface area contributed by atoms with Gasteiger partial charge in [0.15, 0.2) is 0 Å². The van der Waals surface area contributed by atoms with Gasteiger partial charge in [-0.3, -0.25) is 4.98 Å². The number of rotatable bonds is 5. The summed E-state index contributed by atoms with van der Waals surface area (Å²) < 4.78 is 0.906. The highest BCUT2D eigenvalue weighted by Crippen LogP contribution is 2.49. The fraction of sp³-hybridized carbons (Fsp3) is 0.265. The molecule has 3 saturated heterocycles. The quantitative estimate of drug-likeness (QED) is 0.162. The Kier molecular flexibility index (Phi) is 5.38. The van der Waals surface area contributed by atoms with E-state index in [1.54, 1.807) is 0 Å². The van der Waals surface area contributed by atoms with Gasteiger partial charge in [-0.05, 0) is 51.2 Å². The van der Waals surface area contributed by atoms with Crippen LogP contribution in [0.25, 0.3) is 32.4 Å². The molecule has 0 amide bonds. The molecule has 4 heterocycles. The lowest BCUT2D eigenvalue weighted by atomic mass is 9.71. The van der Waals surface area contributed by atoms with Crippen molar-refractivity contribution in [3.8, 4) is 0 Å². The molecule has 0 aliphatic carbocycles. The van der Waals surface area contributed by atoms with Gasteiger partial charge in [0, 0.05) is 35.9 Å². The van der Waals surface area contributed by atoms with E-state index in [1.165, 1.54) is 33.5 Å². The highest BCUT2D eigenvalue weighted by molar-refractivity contribution is 6.02. The number of hydrogen-bond acceptors (Lipinski definition) is 2. The number of aliphatic hydroxyl groups is 1. The van der Waals surface area contributed by atoms with Crippen molar-refractivity contribution in [1.82, 2.24) is 4.98 Å². The molecule has 2 bridgehead atoms. The van der Waals surface area contributed by atoms with Crippen LogP contribution in [0.3, 0.4) is 0 Å². The second kappa shape index (κ2) is 8.79. The van der Waals surface area contributed by atoms with E-state index < -0.39 is 6.10 Å². The third kappa shape index (κ3) is 3.60. The summed E-state index contributed by atoms with van der Waals surface area (Å²) in [5.41, 5.74) is 3.37. The summed E-state index contributed by atoms with van der Waals surface area (Å²) in [5.74, 6) is 1.09. The Morgan fingerprint density at radius 1 is 0.919 bits per heavy atom. The van der Waals surface area contributed by atoms with Crippen molar-refractivity contribution in [3.05, 3.63) is 115 Å². The zero-order valence-electron chi connectivity index (χ0n) is 21.1. The number of aliphatic hydroxyl groups excluding tert-OH is 1. The Morgan fingerprint density at radius 2 is 1.59 bits per heavy atom. The van der Waals surface area contributed by atoms with E-state index in [4.69, 9.17) is 0 Å². The Morgan fingerprint density at radius 3 is 2.32 bits per heavy atom. The molecule has 0 spiro atoms. The summed E-state index contributed by atoms with van der Waals surface area (Å²) in [6.45, 7) is 7.28. The van der Waals surface area contributed by atoms with Gasteiger partial charge in [-0.1, -0.05) is 72.8 Å². The van der Waals surface area contributed by atoms with Crippen LogP contribution in [-0.2, 0) is 6.54 Å². The minimum atomic E-state index is -0.539. The van der Waals surface area contributed by atoms with E-state index in [1.807, 2.05) is 30.5 Å². The van der Waals surface area contributed by atoms with E-state index in [9.17, 15) is 5.11 Å². The van der Waals surface area contributed by atoms with Gasteiger partial charge < -0.3 is 9.59 Å². The van der Waals surface area contributed by atoms with Crippen molar-refractivity contribution < 1.29 is 9.59 Å². The van der Waals surface area contributed by atoms with Crippen molar-refractivity contribution in [2.45, 2.75) is 31.5 Å². The highest BCUT2D eigenvalue weighted by atomic mass is 16.3. The van der Waals surface area contributed by atoms with Gasteiger partial charge in [-0.25, -0.2) is 0 Å². The van der Waals surface area contributed by atoms with E-state index in [-0.39, 0.29) is 6.04 Å². The highest BCUT2D eigenvalue weighted by Gasteiger charge is 2.54. The normalized spacial score (nSPS) is 26.0. The number of benzene rings is 4. The third-order valence-electron chi connectivity index (χ3n) is 9.40. The predicted octanol–water partition coefficient (Wildman–Crippen LogP) is 7.19. The molecule has 4 aromatic carbocycles. The van der Waals surface area contributed by atoms with E-state index in [2.05, 4.69) is 78.3 Å². The maximum Gasteiger partial charge on any atom is 0.131 e. The molecule has 8 rings (SSSR count). The lowest BCUT2D eigenvalue weighted by Crippen LogP contribution is -2.67. The van der Waals surface area contributed by atoms with Crippen LogP contribution in [0, 0.1) is 11.8 Å². The topological polar surface area (TPSA) is 33.1 Å². The SMILES string of the molecule is C=C[C@@H]1C[N@+]2(Cc3c4ccccc4cc4ccccc34)CC[C@H]1C[C@H]2[C@@H](O)c1ccnc2ccccc12. The smallest absolute Gasteiger partial charge is 0.131 e. The van der Waals surface area contributed by atoms with Crippen molar-refractivity contribution in [3.63, 3.8) is 0 Å². The fourth-order valence-electron chi connectivity index (χ4n) is 7.56. The first-order valence-corrected chi connectivity index (χ1v) is 13.6. The number of aromatic nitrogens is 1. The zero-order chi connectivity index (χ0) is 25.0.